The number of aryl methyl sites for hydroxylation is 1. The first-order valence-electron chi connectivity index (χ1n) is 6.47. The Morgan fingerprint density at radius 3 is 2.61 bits per heavy atom. The van der Waals surface area contributed by atoms with E-state index in [9.17, 15) is 4.79 Å². The molecule has 1 fully saturated rings. The summed E-state index contributed by atoms with van der Waals surface area (Å²) in [6, 6.07) is 0. The highest BCUT2D eigenvalue weighted by Gasteiger charge is 2.25. The number of rotatable bonds is 3. The molecule has 18 heavy (non-hydrogen) atoms. The van der Waals surface area contributed by atoms with Gasteiger partial charge >= 0.3 is 0 Å². The van der Waals surface area contributed by atoms with E-state index in [1.54, 1.807) is 4.90 Å². The molecule has 2 rings (SSSR count). The second-order valence-corrected chi connectivity index (χ2v) is 5.31. The average molecular weight is 250 g/mol. The second kappa shape index (κ2) is 5.52. The molecule has 0 bridgehead atoms. The van der Waals surface area contributed by atoms with E-state index >= 15 is 0 Å². The third kappa shape index (κ3) is 3.10. The fourth-order valence-corrected chi connectivity index (χ4v) is 2.51. The van der Waals surface area contributed by atoms with Crippen LogP contribution in [0, 0.1) is 5.92 Å². The summed E-state index contributed by atoms with van der Waals surface area (Å²) in [6.07, 6.45) is 5.91. The van der Waals surface area contributed by atoms with Crippen LogP contribution in [-0.4, -0.2) is 52.7 Å². The van der Waals surface area contributed by atoms with Crippen molar-refractivity contribution in [3.8, 4) is 0 Å². The van der Waals surface area contributed by atoms with Gasteiger partial charge in [-0.15, -0.1) is 0 Å². The molecule has 0 atom stereocenters. The third-order valence-corrected chi connectivity index (χ3v) is 3.54. The maximum absolute atomic E-state index is 11.9. The van der Waals surface area contributed by atoms with Gasteiger partial charge in [0.1, 0.15) is 0 Å². The molecule has 1 aliphatic rings. The Kier molecular flexibility index (Phi) is 4.01. The van der Waals surface area contributed by atoms with Crippen LogP contribution in [0.25, 0.3) is 0 Å². The van der Waals surface area contributed by atoms with Crippen LogP contribution in [0.15, 0.2) is 12.4 Å². The number of aromatic nitrogens is 2. The van der Waals surface area contributed by atoms with Crippen LogP contribution in [0.3, 0.4) is 0 Å². The first-order chi connectivity index (χ1) is 8.56. The van der Waals surface area contributed by atoms with Gasteiger partial charge in [0.15, 0.2) is 0 Å². The number of carbonyl (C=O) groups excluding carboxylic acids is 1. The van der Waals surface area contributed by atoms with Crippen LogP contribution < -0.4 is 0 Å². The van der Waals surface area contributed by atoms with E-state index < -0.39 is 0 Å². The highest BCUT2D eigenvalue weighted by Crippen LogP contribution is 2.20. The number of hydrogen-bond donors (Lipinski definition) is 0. The van der Waals surface area contributed by atoms with Crippen molar-refractivity contribution >= 4 is 5.91 Å². The summed E-state index contributed by atoms with van der Waals surface area (Å²) in [5, 5.41) is 4.18. The fourth-order valence-electron chi connectivity index (χ4n) is 2.51. The molecule has 0 saturated carbocycles. The molecular formula is C13H22N4O. The molecule has 0 aromatic carbocycles. The Balaban J connectivity index is 1.82. The van der Waals surface area contributed by atoms with Crippen LogP contribution in [0.2, 0.25) is 0 Å². The predicted molar refractivity (Wildman–Crippen MR) is 69.9 cm³/mol. The summed E-state index contributed by atoms with van der Waals surface area (Å²) in [4.78, 5) is 16.0. The lowest BCUT2D eigenvalue weighted by Crippen LogP contribution is -2.39. The van der Waals surface area contributed by atoms with E-state index in [-0.39, 0.29) is 11.8 Å². The highest BCUT2D eigenvalue weighted by molar-refractivity contribution is 5.78. The van der Waals surface area contributed by atoms with Crippen molar-refractivity contribution in [2.75, 3.05) is 27.2 Å². The van der Waals surface area contributed by atoms with Crippen molar-refractivity contribution in [2.45, 2.75) is 19.4 Å². The van der Waals surface area contributed by atoms with Crippen LogP contribution in [0.5, 0.6) is 0 Å². The summed E-state index contributed by atoms with van der Waals surface area (Å²) in [6.45, 7) is 2.94. The Hall–Kier alpha value is -1.36. The van der Waals surface area contributed by atoms with Crippen molar-refractivity contribution in [1.82, 2.24) is 19.6 Å². The number of carbonyl (C=O) groups is 1. The van der Waals surface area contributed by atoms with Crippen LogP contribution >= 0.6 is 0 Å². The van der Waals surface area contributed by atoms with E-state index in [0.29, 0.717) is 0 Å². The molecule has 5 heteroatoms. The molecule has 2 heterocycles. The van der Waals surface area contributed by atoms with Gasteiger partial charge in [0.2, 0.25) is 5.91 Å². The predicted octanol–water partition coefficient (Wildman–Crippen LogP) is 0.720. The monoisotopic (exact) mass is 250 g/mol. The molecule has 0 aliphatic carbocycles. The summed E-state index contributed by atoms with van der Waals surface area (Å²) in [5.74, 6) is 0.487. The molecular weight excluding hydrogens is 228 g/mol. The Labute approximate surface area is 108 Å². The number of piperidine rings is 1. The first-order valence-corrected chi connectivity index (χ1v) is 6.47. The van der Waals surface area contributed by atoms with Gasteiger partial charge in [0, 0.05) is 45.4 Å². The summed E-state index contributed by atoms with van der Waals surface area (Å²) in [7, 11) is 5.61. The quantitative estimate of drug-likeness (QED) is 0.794. The number of likely N-dealkylation sites (tertiary alicyclic amines) is 1. The largest absolute Gasteiger partial charge is 0.349 e. The van der Waals surface area contributed by atoms with E-state index in [4.69, 9.17) is 0 Å². The normalized spacial score (nSPS) is 17.9. The minimum atomic E-state index is 0.213. The summed E-state index contributed by atoms with van der Waals surface area (Å²) in [5.41, 5.74) is 1.25. The number of nitrogens with zero attached hydrogens (tertiary/aromatic N) is 4. The van der Waals surface area contributed by atoms with E-state index in [1.807, 2.05) is 32.0 Å². The van der Waals surface area contributed by atoms with E-state index in [1.165, 1.54) is 5.56 Å². The van der Waals surface area contributed by atoms with Crippen LogP contribution in [0.1, 0.15) is 18.4 Å². The zero-order valence-corrected chi connectivity index (χ0v) is 11.5. The molecule has 1 saturated heterocycles. The first kappa shape index (κ1) is 13.1. The van der Waals surface area contributed by atoms with Gasteiger partial charge in [-0.25, -0.2) is 0 Å². The lowest BCUT2D eigenvalue weighted by molar-refractivity contribution is -0.134. The molecule has 0 spiro atoms. The zero-order valence-electron chi connectivity index (χ0n) is 11.5. The topological polar surface area (TPSA) is 41.4 Å². The minimum absolute atomic E-state index is 0.213. The van der Waals surface area contributed by atoms with Gasteiger partial charge in [-0.1, -0.05) is 0 Å². The SMILES string of the molecule is CN(C)C(=O)C1CCN(Cc2cnn(C)c2)CC1. The van der Waals surface area contributed by atoms with Gasteiger partial charge < -0.3 is 4.90 Å². The van der Waals surface area contributed by atoms with Crippen molar-refractivity contribution in [3.05, 3.63) is 18.0 Å². The van der Waals surface area contributed by atoms with E-state index in [0.717, 1.165) is 32.5 Å². The zero-order chi connectivity index (χ0) is 13.1. The lowest BCUT2D eigenvalue weighted by Gasteiger charge is -2.32. The van der Waals surface area contributed by atoms with E-state index in [2.05, 4.69) is 16.2 Å². The minimum Gasteiger partial charge on any atom is -0.349 e. The van der Waals surface area contributed by atoms with Gasteiger partial charge in [-0.3, -0.25) is 14.4 Å². The number of amides is 1. The fraction of sp³-hybridized carbons (Fsp3) is 0.692. The van der Waals surface area contributed by atoms with Crippen molar-refractivity contribution in [3.63, 3.8) is 0 Å². The molecule has 1 amide bonds. The third-order valence-electron chi connectivity index (χ3n) is 3.54. The molecule has 0 unspecified atom stereocenters. The molecule has 1 aromatic heterocycles. The summed E-state index contributed by atoms with van der Waals surface area (Å²) >= 11 is 0. The van der Waals surface area contributed by atoms with Crippen molar-refractivity contribution in [1.29, 1.82) is 0 Å². The molecule has 5 nitrogen and oxygen atoms in total. The molecule has 100 valence electrons. The molecule has 0 radical (unpaired) electrons. The average Bonchev–Trinajstić information content (AvgIpc) is 2.75. The number of hydrogen-bond acceptors (Lipinski definition) is 3. The van der Waals surface area contributed by atoms with Gasteiger partial charge in [-0.05, 0) is 25.9 Å². The van der Waals surface area contributed by atoms with Crippen molar-refractivity contribution in [2.24, 2.45) is 13.0 Å². The smallest absolute Gasteiger partial charge is 0.225 e. The van der Waals surface area contributed by atoms with Crippen LogP contribution in [-0.2, 0) is 18.4 Å². The Morgan fingerprint density at radius 2 is 2.11 bits per heavy atom. The second-order valence-electron chi connectivity index (χ2n) is 5.31. The molecule has 1 aromatic rings. The lowest BCUT2D eigenvalue weighted by atomic mass is 9.95. The molecule has 1 aliphatic heterocycles. The van der Waals surface area contributed by atoms with Gasteiger partial charge in [0.05, 0.1) is 6.20 Å². The Morgan fingerprint density at radius 1 is 1.44 bits per heavy atom. The molecule has 0 N–H and O–H groups in total. The van der Waals surface area contributed by atoms with Crippen molar-refractivity contribution < 1.29 is 4.79 Å². The standard InChI is InChI=1S/C13H22N4O/c1-15(2)13(18)12-4-6-17(7-5-12)10-11-8-14-16(3)9-11/h8-9,12H,4-7,10H2,1-3H3. The highest BCUT2D eigenvalue weighted by atomic mass is 16.2. The summed E-state index contributed by atoms with van der Waals surface area (Å²) < 4.78 is 1.83. The maximum Gasteiger partial charge on any atom is 0.225 e. The van der Waals surface area contributed by atoms with Crippen LogP contribution in [0.4, 0.5) is 0 Å². The maximum atomic E-state index is 11.9. The van der Waals surface area contributed by atoms with Gasteiger partial charge in [-0.2, -0.15) is 5.10 Å². The Bertz CT molecular complexity index is 405. The van der Waals surface area contributed by atoms with Gasteiger partial charge in [0.25, 0.3) is 0 Å².